The highest BCUT2D eigenvalue weighted by atomic mass is 16.6. The predicted molar refractivity (Wildman–Crippen MR) is 307 cm³/mol. The topological polar surface area (TPSA) is 78.9 Å². The average Bonchev–Trinajstić information content (AvgIpc) is 3.37. The molecule has 0 aliphatic carbocycles. The third kappa shape index (κ3) is 58.1. The zero-order chi connectivity index (χ0) is 51.4. The summed E-state index contributed by atoms with van der Waals surface area (Å²) in [4.78, 5) is 38.2. The summed E-state index contributed by atoms with van der Waals surface area (Å²) in [6.07, 6.45) is 74.1. The SMILES string of the molecule is CC/C=C\C/C=C\C/C=C\C/C=C\CCCCC(=O)OCC(COC(=O)CCCCCCCCCCCCCCCCCCCCCCC)OC(=O)CCCCCCCCCCCCCCCCCCC. The molecule has 414 valence electrons. The summed E-state index contributed by atoms with van der Waals surface area (Å²) in [6.45, 7) is 6.55. The molecule has 0 aromatic heterocycles. The minimum atomic E-state index is -0.787. The van der Waals surface area contributed by atoms with Crippen LogP contribution in [-0.2, 0) is 28.6 Å². The molecule has 0 heterocycles. The van der Waals surface area contributed by atoms with Crippen LogP contribution in [0.2, 0.25) is 0 Å². The zero-order valence-corrected chi connectivity index (χ0v) is 47.5. The third-order valence-electron chi connectivity index (χ3n) is 13.8. The standard InChI is InChI=1S/C65H118O6/c1-4-7-10-13-16-19-22-25-28-30-31-32-33-35-37-40-43-46-49-52-55-58-64(67)70-61-62(60-69-63(66)57-54-51-48-45-42-39-36-27-24-21-18-15-12-9-6-3)71-65(68)59-56-53-50-47-44-41-38-34-29-26-23-20-17-14-11-8-5-2/h9,12,18,21,27,36,42,45,62H,4-8,10-11,13-17,19-20,22-26,28-35,37-41,43-44,46-61H2,1-3H3/b12-9-,21-18-,36-27-,45-42-. The Labute approximate surface area is 441 Å². The van der Waals surface area contributed by atoms with Crippen molar-refractivity contribution in [1.29, 1.82) is 0 Å². The van der Waals surface area contributed by atoms with Crippen molar-refractivity contribution in [3.63, 3.8) is 0 Å². The van der Waals surface area contributed by atoms with E-state index < -0.39 is 6.10 Å². The molecule has 0 N–H and O–H groups in total. The number of carbonyl (C=O) groups is 3. The molecule has 0 aliphatic rings. The van der Waals surface area contributed by atoms with Gasteiger partial charge in [-0.1, -0.05) is 301 Å². The number of carbonyl (C=O) groups excluding carboxylic acids is 3. The van der Waals surface area contributed by atoms with Crippen molar-refractivity contribution in [3.8, 4) is 0 Å². The number of allylic oxidation sites excluding steroid dienone is 8. The third-order valence-corrected chi connectivity index (χ3v) is 13.8. The lowest BCUT2D eigenvalue weighted by atomic mass is 10.0. The quantitative estimate of drug-likeness (QED) is 0.0261. The van der Waals surface area contributed by atoms with Crippen LogP contribution >= 0.6 is 0 Å². The molecule has 0 saturated heterocycles. The molecule has 0 aromatic carbocycles. The number of ether oxygens (including phenoxy) is 3. The second-order valence-electron chi connectivity index (χ2n) is 21.0. The molecule has 0 rings (SSSR count). The first kappa shape index (κ1) is 68.4. The minimum absolute atomic E-state index is 0.0814. The summed E-state index contributed by atoms with van der Waals surface area (Å²) in [6, 6.07) is 0. The van der Waals surface area contributed by atoms with Crippen molar-refractivity contribution in [2.75, 3.05) is 13.2 Å². The molecule has 0 aromatic rings. The lowest BCUT2D eigenvalue weighted by Crippen LogP contribution is -2.30. The second kappa shape index (κ2) is 59.9. The monoisotopic (exact) mass is 995 g/mol. The summed E-state index contributed by atoms with van der Waals surface area (Å²) in [5.41, 5.74) is 0. The lowest BCUT2D eigenvalue weighted by molar-refractivity contribution is -0.167. The number of hydrogen-bond acceptors (Lipinski definition) is 6. The van der Waals surface area contributed by atoms with Crippen LogP contribution in [-0.4, -0.2) is 37.2 Å². The number of esters is 3. The average molecular weight is 996 g/mol. The van der Waals surface area contributed by atoms with Crippen molar-refractivity contribution in [3.05, 3.63) is 48.6 Å². The van der Waals surface area contributed by atoms with Gasteiger partial charge in [0.05, 0.1) is 0 Å². The van der Waals surface area contributed by atoms with E-state index in [4.69, 9.17) is 14.2 Å². The molecule has 0 fully saturated rings. The number of hydrogen-bond donors (Lipinski definition) is 0. The largest absolute Gasteiger partial charge is 0.462 e. The van der Waals surface area contributed by atoms with Gasteiger partial charge in [-0.15, -0.1) is 0 Å². The predicted octanol–water partition coefficient (Wildman–Crippen LogP) is 21.0. The smallest absolute Gasteiger partial charge is 0.306 e. The molecule has 6 heteroatoms. The highest BCUT2D eigenvalue weighted by molar-refractivity contribution is 5.71. The Bertz CT molecular complexity index is 1230. The van der Waals surface area contributed by atoms with Gasteiger partial charge in [0.25, 0.3) is 0 Å². The number of unbranched alkanes of at least 4 members (excludes halogenated alkanes) is 38. The van der Waals surface area contributed by atoms with Crippen LogP contribution in [0.1, 0.15) is 329 Å². The first-order valence-electron chi connectivity index (χ1n) is 31.1. The van der Waals surface area contributed by atoms with Gasteiger partial charge in [0.2, 0.25) is 0 Å². The van der Waals surface area contributed by atoms with Gasteiger partial charge in [-0.05, 0) is 57.8 Å². The highest BCUT2D eigenvalue weighted by Gasteiger charge is 2.19. The van der Waals surface area contributed by atoms with E-state index in [0.29, 0.717) is 19.3 Å². The van der Waals surface area contributed by atoms with Gasteiger partial charge in [-0.25, -0.2) is 0 Å². The Morgan fingerprint density at radius 3 is 0.859 bits per heavy atom. The van der Waals surface area contributed by atoms with Crippen molar-refractivity contribution < 1.29 is 28.6 Å². The van der Waals surface area contributed by atoms with E-state index >= 15 is 0 Å². The fourth-order valence-corrected chi connectivity index (χ4v) is 9.20. The highest BCUT2D eigenvalue weighted by Crippen LogP contribution is 2.18. The fraction of sp³-hybridized carbons (Fsp3) is 0.831. The molecule has 0 amide bonds. The van der Waals surface area contributed by atoms with Gasteiger partial charge in [-0.3, -0.25) is 14.4 Å². The molecular weight excluding hydrogens is 877 g/mol. The van der Waals surface area contributed by atoms with Crippen LogP contribution in [0.3, 0.4) is 0 Å². The molecule has 0 bridgehead atoms. The second-order valence-corrected chi connectivity index (χ2v) is 21.0. The molecule has 0 aliphatic heterocycles. The fourth-order valence-electron chi connectivity index (χ4n) is 9.20. The van der Waals surface area contributed by atoms with Crippen LogP contribution in [0.4, 0.5) is 0 Å². The maximum atomic E-state index is 12.9. The number of rotatable bonds is 57. The van der Waals surface area contributed by atoms with E-state index in [0.717, 1.165) is 83.5 Å². The summed E-state index contributed by atoms with van der Waals surface area (Å²) in [5, 5.41) is 0. The first-order chi connectivity index (χ1) is 35.0. The van der Waals surface area contributed by atoms with Gasteiger partial charge < -0.3 is 14.2 Å². The van der Waals surface area contributed by atoms with Crippen molar-refractivity contribution in [1.82, 2.24) is 0 Å². The van der Waals surface area contributed by atoms with Gasteiger partial charge in [-0.2, -0.15) is 0 Å². The van der Waals surface area contributed by atoms with Gasteiger partial charge >= 0.3 is 17.9 Å². The molecule has 71 heavy (non-hydrogen) atoms. The van der Waals surface area contributed by atoms with Gasteiger partial charge in [0.15, 0.2) is 6.10 Å². The Balaban J connectivity index is 4.34. The normalized spacial score (nSPS) is 12.3. The Kier molecular flexibility index (Phi) is 57.7. The maximum absolute atomic E-state index is 12.9. The van der Waals surface area contributed by atoms with E-state index in [-0.39, 0.29) is 31.1 Å². The molecular formula is C65H118O6. The molecule has 1 unspecified atom stereocenters. The van der Waals surface area contributed by atoms with Crippen LogP contribution < -0.4 is 0 Å². The lowest BCUT2D eigenvalue weighted by Gasteiger charge is -2.18. The summed E-state index contributed by atoms with van der Waals surface area (Å²) < 4.78 is 16.9. The van der Waals surface area contributed by atoms with Crippen LogP contribution in [0, 0.1) is 0 Å². The van der Waals surface area contributed by atoms with Crippen molar-refractivity contribution in [2.24, 2.45) is 0 Å². The molecule has 0 spiro atoms. The zero-order valence-electron chi connectivity index (χ0n) is 47.5. The van der Waals surface area contributed by atoms with E-state index in [1.54, 1.807) is 0 Å². The molecule has 1 atom stereocenters. The van der Waals surface area contributed by atoms with Crippen LogP contribution in [0.25, 0.3) is 0 Å². The maximum Gasteiger partial charge on any atom is 0.306 e. The van der Waals surface area contributed by atoms with Crippen LogP contribution in [0.5, 0.6) is 0 Å². The molecule has 6 nitrogen and oxygen atoms in total. The van der Waals surface area contributed by atoms with E-state index in [1.807, 2.05) is 0 Å². The van der Waals surface area contributed by atoms with Gasteiger partial charge in [0, 0.05) is 19.3 Å². The summed E-state index contributed by atoms with van der Waals surface area (Å²) >= 11 is 0. The minimum Gasteiger partial charge on any atom is -0.462 e. The Hall–Kier alpha value is -2.63. The van der Waals surface area contributed by atoms with E-state index in [1.165, 1.54) is 205 Å². The molecule has 0 radical (unpaired) electrons. The Morgan fingerprint density at radius 1 is 0.296 bits per heavy atom. The van der Waals surface area contributed by atoms with Crippen molar-refractivity contribution in [2.45, 2.75) is 335 Å². The first-order valence-corrected chi connectivity index (χ1v) is 31.1. The van der Waals surface area contributed by atoms with E-state index in [9.17, 15) is 14.4 Å². The summed E-state index contributed by atoms with van der Waals surface area (Å²) in [5.74, 6) is -0.903. The van der Waals surface area contributed by atoms with Gasteiger partial charge in [0.1, 0.15) is 13.2 Å². The van der Waals surface area contributed by atoms with E-state index in [2.05, 4.69) is 69.4 Å². The van der Waals surface area contributed by atoms with Crippen molar-refractivity contribution >= 4 is 17.9 Å². The van der Waals surface area contributed by atoms with Crippen LogP contribution in [0.15, 0.2) is 48.6 Å². The summed E-state index contributed by atoms with van der Waals surface area (Å²) in [7, 11) is 0. The molecule has 0 saturated carbocycles. The Morgan fingerprint density at radius 2 is 0.549 bits per heavy atom.